The van der Waals surface area contributed by atoms with Gasteiger partial charge in [-0.3, -0.25) is 9.59 Å². The molecule has 180 valence electrons. The molecule has 0 aliphatic carbocycles. The number of alkyl halides is 3. The van der Waals surface area contributed by atoms with E-state index in [1.54, 1.807) is 0 Å². The van der Waals surface area contributed by atoms with E-state index in [4.69, 9.17) is 9.90 Å². The molecule has 1 aliphatic heterocycles. The molecule has 2 N–H and O–H groups in total. The van der Waals surface area contributed by atoms with Crippen LogP contribution in [-0.4, -0.2) is 78.1 Å². The molecule has 1 fully saturated rings. The third-order valence-corrected chi connectivity index (χ3v) is 4.87. The molecule has 10 heteroatoms. The van der Waals surface area contributed by atoms with Gasteiger partial charge in [-0.15, -0.1) is 0 Å². The third-order valence-electron chi connectivity index (χ3n) is 4.87. The standard InChI is InChI=1S/C20H31N3O2.C2HF3O2/c1-16(2)8-12-23(20(25)18-6-4-17(3)5-7-18)13-9-19(24)22-14-10-21-11-15-22;3-2(4,5)1(6)7/h4-7,16,21H,8-15H2,1-3H3;(H,6,7). The smallest absolute Gasteiger partial charge is 0.475 e. The summed E-state index contributed by atoms with van der Waals surface area (Å²) >= 11 is 0. The van der Waals surface area contributed by atoms with Crippen LogP contribution in [0.2, 0.25) is 0 Å². The molecule has 1 saturated heterocycles. The van der Waals surface area contributed by atoms with E-state index in [-0.39, 0.29) is 11.8 Å². The van der Waals surface area contributed by atoms with Crippen molar-refractivity contribution in [1.82, 2.24) is 15.1 Å². The van der Waals surface area contributed by atoms with Crippen molar-refractivity contribution in [3.8, 4) is 0 Å². The van der Waals surface area contributed by atoms with E-state index in [1.165, 1.54) is 0 Å². The summed E-state index contributed by atoms with van der Waals surface area (Å²) < 4.78 is 31.7. The lowest BCUT2D eigenvalue weighted by Crippen LogP contribution is -2.47. The van der Waals surface area contributed by atoms with E-state index in [9.17, 15) is 22.8 Å². The topological polar surface area (TPSA) is 90.0 Å². The SMILES string of the molecule is Cc1ccc(C(=O)N(CCC(=O)N2CCNCC2)CCC(C)C)cc1.O=C(O)C(F)(F)F. The van der Waals surface area contributed by atoms with Gasteiger partial charge in [-0.25, -0.2) is 4.79 Å². The van der Waals surface area contributed by atoms with Crippen molar-refractivity contribution < 1.29 is 32.7 Å². The van der Waals surface area contributed by atoms with Gasteiger partial charge in [0.05, 0.1) is 0 Å². The van der Waals surface area contributed by atoms with Crippen molar-refractivity contribution in [3.05, 3.63) is 35.4 Å². The second-order valence-electron chi connectivity index (χ2n) is 8.02. The Morgan fingerprint density at radius 3 is 2.09 bits per heavy atom. The van der Waals surface area contributed by atoms with E-state index < -0.39 is 12.1 Å². The average Bonchev–Trinajstić information content (AvgIpc) is 2.74. The Morgan fingerprint density at radius 1 is 1.09 bits per heavy atom. The Morgan fingerprint density at radius 2 is 1.62 bits per heavy atom. The summed E-state index contributed by atoms with van der Waals surface area (Å²) in [5.41, 5.74) is 1.84. The fourth-order valence-corrected chi connectivity index (χ4v) is 2.91. The number of piperazine rings is 1. The van der Waals surface area contributed by atoms with Gasteiger partial charge in [-0.1, -0.05) is 31.5 Å². The summed E-state index contributed by atoms with van der Waals surface area (Å²) in [5, 5.41) is 10.4. The van der Waals surface area contributed by atoms with E-state index >= 15 is 0 Å². The van der Waals surface area contributed by atoms with Gasteiger partial charge in [-0.2, -0.15) is 13.2 Å². The zero-order valence-electron chi connectivity index (χ0n) is 18.7. The predicted octanol–water partition coefficient (Wildman–Crippen LogP) is 2.94. The molecule has 7 nitrogen and oxygen atoms in total. The van der Waals surface area contributed by atoms with Crippen LogP contribution < -0.4 is 5.32 Å². The number of halogens is 3. The van der Waals surface area contributed by atoms with Gasteiger partial charge >= 0.3 is 12.1 Å². The van der Waals surface area contributed by atoms with Gasteiger partial charge in [0.15, 0.2) is 0 Å². The molecule has 0 radical (unpaired) electrons. The van der Waals surface area contributed by atoms with Crippen molar-refractivity contribution in [2.75, 3.05) is 39.3 Å². The van der Waals surface area contributed by atoms with Crippen LogP contribution in [-0.2, 0) is 9.59 Å². The van der Waals surface area contributed by atoms with Gasteiger partial charge in [0.25, 0.3) is 5.91 Å². The van der Waals surface area contributed by atoms with E-state index in [1.807, 2.05) is 41.0 Å². The zero-order valence-corrected chi connectivity index (χ0v) is 18.7. The lowest BCUT2D eigenvalue weighted by Gasteiger charge is -2.29. The maximum atomic E-state index is 12.8. The Bertz CT molecular complexity index is 746. The second kappa shape index (κ2) is 13.0. The summed E-state index contributed by atoms with van der Waals surface area (Å²) in [4.78, 5) is 37.9. The van der Waals surface area contributed by atoms with Crippen LogP contribution in [0.5, 0.6) is 0 Å². The zero-order chi connectivity index (χ0) is 24.3. The van der Waals surface area contributed by atoms with Crippen LogP contribution in [0.25, 0.3) is 0 Å². The number of amides is 2. The number of carbonyl (C=O) groups is 3. The largest absolute Gasteiger partial charge is 0.490 e. The Labute approximate surface area is 186 Å². The fraction of sp³-hybridized carbons (Fsp3) is 0.591. The maximum absolute atomic E-state index is 12.8. The number of hydrogen-bond donors (Lipinski definition) is 2. The minimum atomic E-state index is -5.08. The van der Waals surface area contributed by atoms with E-state index in [0.29, 0.717) is 31.0 Å². The molecule has 0 bridgehead atoms. The number of benzene rings is 1. The summed E-state index contributed by atoms with van der Waals surface area (Å²) in [6, 6.07) is 7.66. The highest BCUT2D eigenvalue weighted by molar-refractivity contribution is 5.94. The molecule has 1 aromatic carbocycles. The minimum Gasteiger partial charge on any atom is -0.475 e. The molecule has 1 aliphatic rings. The molecule has 0 spiro atoms. The predicted molar refractivity (Wildman–Crippen MR) is 114 cm³/mol. The van der Waals surface area contributed by atoms with E-state index in [2.05, 4.69) is 19.2 Å². The highest BCUT2D eigenvalue weighted by atomic mass is 19.4. The number of carboxylic acids is 1. The molecule has 1 heterocycles. The number of aliphatic carboxylic acids is 1. The molecule has 2 amide bonds. The van der Waals surface area contributed by atoms with Crippen molar-refractivity contribution in [3.63, 3.8) is 0 Å². The van der Waals surface area contributed by atoms with Gasteiger partial charge in [0.2, 0.25) is 5.91 Å². The van der Waals surface area contributed by atoms with Gasteiger partial charge in [0.1, 0.15) is 0 Å². The quantitative estimate of drug-likeness (QED) is 0.655. The molecule has 0 aromatic heterocycles. The molecular formula is C22H32F3N3O4. The monoisotopic (exact) mass is 459 g/mol. The number of rotatable bonds is 7. The maximum Gasteiger partial charge on any atom is 0.490 e. The number of nitrogens with one attached hydrogen (secondary N) is 1. The number of carbonyl (C=O) groups excluding carboxylic acids is 2. The summed E-state index contributed by atoms with van der Waals surface area (Å²) in [6.45, 7) is 10.7. The fourth-order valence-electron chi connectivity index (χ4n) is 2.91. The van der Waals surface area contributed by atoms with Crippen molar-refractivity contribution >= 4 is 17.8 Å². The molecule has 0 unspecified atom stereocenters. The summed E-state index contributed by atoms with van der Waals surface area (Å²) in [7, 11) is 0. The summed E-state index contributed by atoms with van der Waals surface area (Å²) in [5.74, 6) is -2.06. The third kappa shape index (κ3) is 10.1. The van der Waals surface area contributed by atoms with Gasteiger partial charge in [0, 0.05) is 51.3 Å². The first kappa shape index (κ1) is 27.4. The Hall–Kier alpha value is -2.62. The first-order valence-corrected chi connectivity index (χ1v) is 10.6. The van der Waals surface area contributed by atoms with Crippen LogP contribution in [0.4, 0.5) is 13.2 Å². The second-order valence-corrected chi connectivity index (χ2v) is 8.02. The number of aryl methyl sites for hydroxylation is 1. The Balaban J connectivity index is 0.000000633. The van der Waals surface area contributed by atoms with Crippen molar-refractivity contribution in [2.45, 2.75) is 39.8 Å². The molecule has 0 atom stereocenters. The Kier molecular flexibility index (Phi) is 11.2. The molecule has 32 heavy (non-hydrogen) atoms. The number of nitrogens with zero attached hydrogens (tertiary/aromatic N) is 2. The lowest BCUT2D eigenvalue weighted by atomic mass is 10.1. The van der Waals surface area contributed by atoms with Crippen LogP contribution in [0, 0.1) is 12.8 Å². The molecule has 1 aromatic rings. The minimum absolute atomic E-state index is 0.0220. The van der Waals surface area contributed by atoms with Crippen LogP contribution >= 0.6 is 0 Å². The lowest BCUT2D eigenvalue weighted by molar-refractivity contribution is -0.192. The highest BCUT2D eigenvalue weighted by Gasteiger charge is 2.38. The van der Waals surface area contributed by atoms with Crippen LogP contribution in [0.3, 0.4) is 0 Å². The van der Waals surface area contributed by atoms with E-state index in [0.717, 1.165) is 38.2 Å². The normalized spacial score (nSPS) is 13.9. The van der Waals surface area contributed by atoms with Gasteiger partial charge < -0.3 is 20.2 Å². The first-order valence-electron chi connectivity index (χ1n) is 10.6. The van der Waals surface area contributed by atoms with Crippen molar-refractivity contribution in [2.24, 2.45) is 5.92 Å². The highest BCUT2D eigenvalue weighted by Crippen LogP contribution is 2.13. The van der Waals surface area contributed by atoms with Crippen molar-refractivity contribution in [1.29, 1.82) is 0 Å². The molecule has 2 rings (SSSR count). The molecule has 0 saturated carbocycles. The van der Waals surface area contributed by atoms with Crippen LogP contribution in [0.1, 0.15) is 42.6 Å². The number of carboxylic acid groups (broad SMARTS) is 1. The molecular weight excluding hydrogens is 427 g/mol. The van der Waals surface area contributed by atoms with Crippen LogP contribution in [0.15, 0.2) is 24.3 Å². The summed E-state index contributed by atoms with van der Waals surface area (Å²) in [6.07, 6.45) is -3.74. The number of hydrogen-bond acceptors (Lipinski definition) is 4. The first-order chi connectivity index (χ1) is 14.9. The van der Waals surface area contributed by atoms with Gasteiger partial charge in [-0.05, 0) is 31.4 Å². The average molecular weight is 460 g/mol.